The van der Waals surface area contributed by atoms with E-state index in [0.717, 1.165) is 31.2 Å². The standard InChI is InChI=1S/C29H34N2O2/c1-21(30-2)24-12-8-13-25(20-24)33-29(32)31(3)19-9-16-28-26-14-6-4-10-22(26)17-18-23-11-5-7-15-27(23)28/h4-6,8,10-14,17-18,20-21,28,30H,7,9,15-16,19H2,1-3H3/t21-,28?/m0/s1. The molecule has 4 heteroatoms. The third kappa shape index (κ3) is 5.45. The van der Waals surface area contributed by atoms with E-state index in [0.29, 0.717) is 18.2 Å². The number of carbonyl (C=O) groups excluding carboxylic acids is 1. The van der Waals surface area contributed by atoms with Gasteiger partial charge in [-0.05, 0) is 74.1 Å². The van der Waals surface area contributed by atoms with Crippen molar-refractivity contribution in [2.24, 2.45) is 0 Å². The molecule has 33 heavy (non-hydrogen) atoms. The van der Waals surface area contributed by atoms with Crippen LogP contribution < -0.4 is 10.1 Å². The summed E-state index contributed by atoms with van der Waals surface area (Å²) in [5.41, 5.74) is 6.67. The van der Waals surface area contributed by atoms with E-state index >= 15 is 0 Å². The Labute approximate surface area is 197 Å². The quantitative estimate of drug-likeness (QED) is 0.523. The highest BCUT2D eigenvalue weighted by Gasteiger charge is 2.24. The number of carbonyl (C=O) groups is 1. The Bertz CT molecular complexity index is 1080. The van der Waals surface area contributed by atoms with Gasteiger partial charge in [0.05, 0.1) is 0 Å². The monoisotopic (exact) mass is 442 g/mol. The van der Waals surface area contributed by atoms with Gasteiger partial charge in [-0.3, -0.25) is 0 Å². The second-order valence-electron chi connectivity index (χ2n) is 8.95. The fourth-order valence-electron chi connectivity index (χ4n) is 4.73. The minimum absolute atomic E-state index is 0.201. The van der Waals surface area contributed by atoms with Crippen molar-refractivity contribution in [1.29, 1.82) is 0 Å². The fraction of sp³-hybridized carbons (Fsp3) is 0.345. The van der Waals surface area contributed by atoms with Gasteiger partial charge in [0.15, 0.2) is 0 Å². The number of hydrogen-bond donors (Lipinski definition) is 1. The maximum atomic E-state index is 12.7. The summed E-state index contributed by atoms with van der Waals surface area (Å²) in [6.45, 7) is 2.74. The van der Waals surface area contributed by atoms with Crippen LogP contribution in [0.5, 0.6) is 5.75 Å². The van der Waals surface area contributed by atoms with E-state index in [4.69, 9.17) is 4.74 Å². The number of ether oxygens (including phenoxy) is 1. The molecule has 0 saturated carbocycles. The molecular weight excluding hydrogens is 408 g/mol. The summed E-state index contributed by atoms with van der Waals surface area (Å²) in [5, 5.41) is 3.21. The van der Waals surface area contributed by atoms with Gasteiger partial charge < -0.3 is 15.0 Å². The first-order chi connectivity index (χ1) is 16.1. The molecule has 0 spiro atoms. The molecule has 4 rings (SSSR count). The van der Waals surface area contributed by atoms with E-state index in [9.17, 15) is 4.79 Å². The van der Waals surface area contributed by atoms with E-state index in [2.05, 4.69) is 60.8 Å². The SMILES string of the molecule is CN[C@@H](C)c1cccc(OC(=O)N(C)CCCC2C3=C(C=CCC3)C=Cc3ccccc32)c1. The van der Waals surface area contributed by atoms with Crippen molar-refractivity contribution in [3.63, 3.8) is 0 Å². The van der Waals surface area contributed by atoms with Crippen molar-refractivity contribution in [1.82, 2.24) is 10.2 Å². The van der Waals surface area contributed by atoms with Crippen LogP contribution in [0.1, 0.15) is 61.3 Å². The Kier molecular flexibility index (Phi) is 7.46. The van der Waals surface area contributed by atoms with Gasteiger partial charge in [0.1, 0.15) is 5.75 Å². The molecule has 4 nitrogen and oxygen atoms in total. The van der Waals surface area contributed by atoms with Crippen LogP contribution in [-0.4, -0.2) is 31.6 Å². The first-order valence-electron chi connectivity index (χ1n) is 11.9. The molecule has 0 saturated heterocycles. The molecule has 172 valence electrons. The smallest absolute Gasteiger partial charge is 0.410 e. The summed E-state index contributed by atoms with van der Waals surface area (Å²) >= 11 is 0. The molecule has 2 atom stereocenters. The van der Waals surface area contributed by atoms with Gasteiger partial charge in [-0.15, -0.1) is 0 Å². The average molecular weight is 443 g/mol. The summed E-state index contributed by atoms with van der Waals surface area (Å²) in [6.07, 6.45) is 12.9. The number of allylic oxidation sites excluding steroid dienone is 5. The highest BCUT2D eigenvalue weighted by atomic mass is 16.6. The Morgan fingerprint density at radius 1 is 1.15 bits per heavy atom. The van der Waals surface area contributed by atoms with Gasteiger partial charge in [0, 0.05) is 25.6 Å². The van der Waals surface area contributed by atoms with Crippen molar-refractivity contribution in [2.45, 2.75) is 44.6 Å². The molecule has 0 radical (unpaired) electrons. The molecule has 0 fully saturated rings. The molecular formula is C29H34N2O2. The van der Waals surface area contributed by atoms with Gasteiger partial charge in [0.25, 0.3) is 0 Å². The van der Waals surface area contributed by atoms with Crippen LogP contribution in [0.2, 0.25) is 0 Å². The van der Waals surface area contributed by atoms with Crippen LogP contribution in [0.25, 0.3) is 6.08 Å². The van der Waals surface area contributed by atoms with Crippen LogP contribution in [0, 0.1) is 0 Å². The zero-order valence-corrected chi connectivity index (χ0v) is 19.9. The van der Waals surface area contributed by atoms with Crippen molar-refractivity contribution in [2.75, 3.05) is 20.6 Å². The molecule has 2 aromatic carbocycles. The Morgan fingerprint density at radius 3 is 2.85 bits per heavy atom. The number of fused-ring (bicyclic) bond motifs is 1. The zero-order valence-electron chi connectivity index (χ0n) is 19.9. The molecule has 0 bridgehead atoms. The third-order valence-electron chi connectivity index (χ3n) is 6.78. The van der Waals surface area contributed by atoms with Gasteiger partial charge in [-0.25, -0.2) is 4.79 Å². The summed E-state index contributed by atoms with van der Waals surface area (Å²) in [7, 11) is 3.74. The van der Waals surface area contributed by atoms with Crippen LogP contribution in [0.3, 0.4) is 0 Å². The van der Waals surface area contributed by atoms with Gasteiger partial charge >= 0.3 is 6.09 Å². The topological polar surface area (TPSA) is 41.6 Å². The molecule has 2 aliphatic carbocycles. The lowest BCUT2D eigenvalue weighted by atomic mass is 9.80. The zero-order chi connectivity index (χ0) is 23.2. The predicted molar refractivity (Wildman–Crippen MR) is 135 cm³/mol. The second-order valence-corrected chi connectivity index (χ2v) is 8.95. The largest absolute Gasteiger partial charge is 0.414 e. The summed E-state index contributed by atoms with van der Waals surface area (Å²) in [4.78, 5) is 14.4. The Balaban J connectivity index is 1.39. The lowest BCUT2D eigenvalue weighted by Gasteiger charge is -2.25. The molecule has 1 N–H and O–H groups in total. The minimum atomic E-state index is -0.312. The molecule has 0 heterocycles. The molecule has 0 aromatic heterocycles. The molecule has 1 amide bonds. The lowest BCUT2D eigenvalue weighted by molar-refractivity contribution is 0.162. The van der Waals surface area contributed by atoms with Crippen LogP contribution in [0.15, 0.2) is 77.9 Å². The van der Waals surface area contributed by atoms with Crippen molar-refractivity contribution < 1.29 is 9.53 Å². The Morgan fingerprint density at radius 2 is 2.00 bits per heavy atom. The first kappa shape index (κ1) is 23.1. The van der Waals surface area contributed by atoms with E-state index in [1.807, 2.05) is 38.4 Å². The summed E-state index contributed by atoms with van der Waals surface area (Å²) in [5.74, 6) is 0.972. The first-order valence-corrected chi connectivity index (χ1v) is 11.9. The number of hydrogen-bond acceptors (Lipinski definition) is 3. The average Bonchev–Trinajstić information content (AvgIpc) is 3.01. The van der Waals surface area contributed by atoms with E-state index in [1.165, 1.54) is 22.3 Å². The predicted octanol–water partition coefficient (Wildman–Crippen LogP) is 6.64. The van der Waals surface area contributed by atoms with Crippen molar-refractivity contribution >= 4 is 12.2 Å². The van der Waals surface area contributed by atoms with Gasteiger partial charge in [-0.2, -0.15) is 0 Å². The molecule has 2 aliphatic rings. The number of amides is 1. The minimum Gasteiger partial charge on any atom is -0.410 e. The maximum Gasteiger partial charge on any atom is 0.414 e. The van der Waals surface area contributed by atoms with Crippen LogP contribution in [-0.2, 0) is 0 Å². The van der Waals surface area contributed by atoms with Crippen LogP contribution >= 0.6 is 0 Å². The molecule has 2 aromatic rings. The van der Waals surface area contributed by atoms with Crippen molar-refractivity contribution in [3.8, 4) is 5.75 Å². The lowest BCUT2D eigenvalue weighted by Crippen LogP contribution is -2.31. The molecule has 1 unspecified atom stereocenters. The number of nitrogens with one attached hydrogen (secondary N) is 1. The van der Waals surface area contributed by atoms with Crippen molar-refractivity contribution in [3.05, 3.63) is 94.6 Å². The van der Waals surface area contributed by atoms with Gasteiger partial charge in [-0.1, -0.05) is 66.3 Å². The summed E-state index contributed by atoms with van der Waals surface area (Å²) < 4.78 is 5.65. The highest BCUT2D eigenvalue weighted by molar-refractivity contribution is 5.70. The van der Waals surface area contributed by atoms with E-state index < -0.39 is 0 Å². The number of rotatable bonds is 7. The number of benzene rings is 2. The normalized spacial score (nSPS) is 17.7. The van der Waals surface area contributed by atoms with E-state index in [1.54, 1.807) is 4.90 Å². The van der Waals surface area contributed by atoms with Gasteiger partial charge in [0.2, 0.25) is 0 Å². The Hall–Kier alpha value is -3.11. The molecule has 0 aliphatic heterocycles. The summed E-state index contributed by atoms with van der Waals surface area (Å²) in [6, 6.07) is 16.6. The highest BCUT2D eigenvalue weighted by Crippen LogP contribution is 2.40. The second kappa shape index (κ2) is 10.7. The van der Waals surface area contributed by atoms with Crippen LogP contribution in [0.4, 0.5) is 4.79 Å². The third-order valence-corrected chi connectivity index (χ3v) is 6.78. The van der Waals surface area contributed by atoms with E-state index in [-0.39, 0.29) is 12.1 Å². The number of nitrogens with zero attached hydrogens (tertiary/aromatic N) is 1. The fourth-order valence-corrected chi connectivity index (χ4v) is 4.73. The maximum absolute atomic E-state index is 12.7.